The molecule has 3 N–H and O–H groups in total. The lowest BCUT2D eigenvalue weighted by Gasteiger charge is -2.12. The molecule has 0 bridgehead atoms. The molecule has 1 aromatic carbocycles. The molecule has 1 aliphatic rings. The number of thiocarbonyl (C=S) groups is 1. The second kappa shape index (κ2) is 5.69. The number of anilines is 1. The molecule has 1 heterocycles. The van der Waals surface area contributed by atoms with E-state index in [1.165, 1.54) is 24.7 Å². The average molecular weight is 270 g/mol. The van der Waals surface area contributed by atoms with Gasteiger partial charge in [-0.2, -0.15) is 11.8 Å². The van der Waals surface area contributed by atoms with Crippen LogP contribution in [-0.4, -0.2) is 22.5 Å². The van der Waals surface area contributed by atoms with Crippen LogP contribution in [0.15, 0.2) is 18.2 Å². The third kappa shape index (κ3) is 3.33. The van der Waals surface area contributed by atoms with Crippen molar-refractivity contribution in [3.05, 3.63) is 29.6 Å². The number of hydrogen-bond donors (Lipinski definition) is 2. The van der Waals surface area contributed by atoms with E-state index in [1.807, 2.05) is 17.8 Å². The first kappa shape index (κ1) is 12.6. The smallest absolute Gasteiger partial charge is 0.135 e. The third-order valence-electron chi connectivity index (χ3n) is 2.79. The number of halogens is 1. The van der Waals surface area contributed by atoms with Crippen molar-refractivity contribution in [1.82, 2.24) is 0 Å². The molecular weight excluding hydrogens is 255 g/mol. The normalized spacial score (nSPS) is 19.2. The summed E-state index contributed by atoms with van der Waals surface area (Å²) in [4.78, 5) is 0.0976. The molecule has 0 amide bonds. The van der Waals surface area contributed by atoms with E-state index in [2.05, 4.69) is 5.32 Å². The Morgan fingerprint density at radius 3 is 3.00 bits per heavy atom. The Morgan fingerprint density at radius 1 is 1.59 bits per heavy atom. The topological polar surface area (TPSA) is 38.0 Å². The van der Waals surface area contributed by atoms with Crippen LogP contribution in [0.4, 0.5) is 10.1 Å². The first-order valence-electron chi connectivity index (χ1n) is 5.61. The minimum absolute atomic E-state index is 0.0976. The van der Waals surface area contributed by atoms with Crippen molar-refractivity contribution in [2.45, 2.75) is 18.1 Å². The lowest BCUT2D eigenvalue weighted by atomic mass is 10.2. The van der Waals surface area contributed by atoms with Crippen molar-refractivity contribution < 1.29 is 4.39 Å². The number of thioether (sulfide) groups is 1. The SMILES string of the molecule is NC(=S)c1ccc(NCC2CCCS2)cc1F. The van der Waals surface area contributed by atoms with Gasteiger partial charge in [0.2, 0.25) is 0 Å². The maximum atomic E-state index is 13.6. The van der Waals surface area contributed by atoms with Gasteiger partial charge in [0.25, 0.3) is 0 Å². The standard InChI is InChI=1S/C12H15FN2S2/c13-11-6-8(3-4-10(11)12(14)16)15-7-9-2-1-5-17-9/h3-4,6,9,15H,1-2,5,7H2,(H2,14,16). The van der Waals surface area contributed by atoms with Crippen LogP contribution in [0.2, 0.25) is 0 Å². The van der Waals surface area contributed by atoms with Gasteiger partial charge in [0.1, 0.15) is 10.8 Å². The highest BCUT2D eigenvalue weighted by atomic mass is 32.2. The van der Waals surface area contributed by atoms with E-state index in [1.54, 1.807) is 6.07 Å². The zero-order valence-corrected chi connectivity index (χ0v) is 11.0. The van der Waals surface area contributed by atoms with Crippen LogP contribution >= 0.6 is 24.0 Å². The summed E-state index contributed by atoms with van der Waals surface area (Å²) in [5, 5.41) is 3.90. The lowest BCUT2D eigenvalue weighted by Crippen LogP contribution is -2.15. The fourth-order valence-corrected chi connectivity index (χ4v) is 3.23. The Morgan fingerprint density at radius 2 is 2.41 bits per heavy atom. The minimum Gasteiger partial charge on any atom is -0.389 e. The molecule has 0 aromatic heterocycles. The summed E-state index contributed by atoms with van der Waals surface area (Å²) in [5.74, 6) is 0.878. The van der Waals surface area contributed by atoms with Crippen LogP contribution < -0.4 is 11.1 Å². The number of benzene rings is 1. The van der Waals surface area contributed by atoms with E-state index in [0.29, 0.717) is 10.8 Å². The molecule has 1 aromatic rings. The van der Waals surface area contributed by atoms with Gasteiger partial charge in [-0.1, -0.05) is 12.2 Å². The van der Waals surface area contributed by atoms with Crippen LogP contribution in [0.3, 0.4) is 0 Å². The molecule has 0 radical (unpaired) electrons. The number of hydrogen-bond acceptors (Lipinski definition) is 3. The Bertz CT molecular complexity index is 417. The molecule has 2 nitrogen and oxygen atoms in total. The van der Waals surface area contributed by atoms with Crippen molar-refractivity contribution in [3.8, 4) is 0 Å². The van der Waals surface area contributed by atoms with E-state index in [9.17, 15) is 4.39 Å². The summed E-state index contributed by atoms with van der Waals surface area (Å²) in [7, 11) is 0. The second-order valence-corrected chi connectivity index (χ2v) is 5.92. The Balaban J connectivity index is 1.97. The van der Waals surface area contributed by atoms with Crippen LogP contribution in [0.1, 0.15) is 18.4 Å². The summed E-state index contributed by atoms with van der Waals surface area (Å²) >= 11 is 6.74. The van der Waals surface area contributed by atoms with Gasteiger partial charge in [-0.3, -0.25) is 0 Å². The highest BCUT2D eigenvalue weighted by Gasteiger charge is 2.15. The fraction of sp³-hybridized carbons (Fsp3) is 0.417. The predicted molar refractivity (Wildman–Crippen MR) is 76.3 cm³/mol. The van der Waals surface area contributed by atoms with E-state index in [0.717, 1.165) is 12.2 Å². The van der Waals surface area contributed by atoms with Gasteiger partial charge in [-0.05, 0) is 36.8 Å². The quantitative estimate of drug-likeness (QED) is 0.825. The molecule has 5 heteroatoms. The third-order valence-corrected chi connectivity index (χ3v) is 4.41. The molecule has 0 aliphatic carbocycles. The molecule has 92 valence electrons. The molecule has 1 atom stereocenters. The molecule has 2 rings (SSSR count). The van der Waals surface area contributed by atoms with Gasteiger partial charge in [-0.15, -0.1) is 0 Å². The van der Waals surface area contributed by atoms with Crippen molar-refractivity contribution >= 4 is 34.7 Å². The van der Waals surface area contributed by atoms with Gasteiger partial charge in [-0.25, -0.2) is 4.39 Å². The van der Waals surface area contributed by atoms with Crippen molar-refractivity contribution in [2.75, 3.05) is 17.6 Å². The van der Waals surface area contributed by atoms with Crippen LogP contribution in [0, 0.1) is 5.82 Å². The van der Waals surface area contributed by atoms with E-state index < -0.39 is 0 Å². The van der Waals surface area contributed by atoms with Gasteiger partial charge in [0, 0.05) is 23.0 Å². The van der Waals surface area contributed by atoms with Gasteiger partial charge in [0.05, 0.1) is 0 Å². The summed E-state index contributed by atoms with van der Waals surface area (Å²) in [5.41, 5.74) is 6.50. The van der Waals surface area contributed by atoms with E-state index in [4.69, 9.17) is 18.0 Å². The van der Waals surface area contributed by atoms with Crippen LogP contribution in [0.5, 0.6) is 0 Å². The molecule has 1 saturated heterocycles. The Hall–Kier alpha value is -0.810. The summed E-state index contributed by atoms with van der Waals surface area (Å²) in [6, 6.07) is 4.90. The average Bonchev–Trinajstić information content (AvgIpc) is 2.78. The first-order chi connectivity index (χ1) is 8.16. The highest BCUT2D eigenvalue weighted by Crippen LogP contribution is 2.26. The Kier molecular flexibility index (Phi) is 4.23. The fourth-order valence-electron chi connectivity index (χ4n) is 1.86. The molecule has 1 aliphatic heterocycles. The number of nitrogens with one attached hydrogen (secondary N) is 1. The summed E-state index contributed by atoms with van der Waals surface area (Å²) in [6.45, 7) is 0.885. The maximum Gasteiger partial charge on any atom is 0.135 e. The summed E-state index contributed by atoms with van der Waals surface area (Å²) < 4.78 is 13.6. The molecule has 0 saturated carbocycles. The van der Waals surface area contributed by atoms with Crippen LogP contribution in [0.25, 0.3) is 0 Å². The van der Waals surface area contributed by atoms with E-state index in [-0.39, 0.29) is 10.8 Å². The van der Waals surface area contributed by atoms with Crippen molar-refractivity contribution in [1.29, 1.82) is 0 Å². The molecular formula is C12H15FN2S2. The molecule has 17 heavy (non-hydrogen) atoms. The van der Waals surface area contributed by atoms with Gasteiger partial charge < -0.3 is 11.1 Å². The zero-order chi connectivity index (χ0) is 12.3. The van der Waals surface area contributed by atoms with Gasteiger partial charge in [0.15, 0.2) is 0 Å². The predicted octanol–water partition coefficient (Wildman–Crippen LogP) is 2.77. The van der Waals surface area contributed by atoms with Crippen molar-refractivity contribution in [3.63, 3.8) is 0 Å². The molecule has 1 fully saturated rings. The second-order valence-electron chi connectivity index (χ2n) is 4.07. The summed E-state index contributed by atoms with van der Waals surface area (Å²) in [6.07, 6.45) is 2.52. The largest absolute Gasteiger partial charge is 0.389 e. The lowest BCUT2D eigenvalue weighted by molar-refractivity contribution is 0.626. The van der Waals surface area contributed by atoms with Crippen LogP contribution in [-0.2, 0) is 0 Å². The monoisotopic (exact) mass is 270 g/mol. The maximum absolute atomic E-state index is 13.6. The highest BCUT2D eigenvalue weighted by molar-refractivity contribution is 8.00. The minimum atomic E-state index is -0.360. The van der Waals surface area contributed by atoms with Crippen molar-refractivity contribution in [2.24, 2.45) is 5.73 Å². The Labute approximate surface area is 110 Å². The zero-order valence-electron chi connectivity index (χ0n) is 9.41. The first-order valence-corrected chi connectivity index (χ1v) is 7.07. The number of nitrogens with two attached hydrogens (primary N) is 1. The van der Waals surface area contributed by atoms with Gasteiger partial charge >= 0.3 is 0 Å². The number of rotatable bonds is 4. The van der Waals surface area contributed by atoms with E-state index >= 15 is 0 Å². The molecule has 0 spiro atoms. The molecule has 1 unspecified atom stereocenters.